The molecule has 150 valence electrons. The first-order valence-corrected chi connectivity index (χ1v) is 11.3. The van der Waals surface area contributed by atoms with Crippen molar-refractivity contribution in [2.24, 2.45) is 0 Å². The van der Waals surface area contributed by atoms with E-state index in [2.05, 4.69) is 52.9 Å². The third-order valence-corrected chi connectivity index (χ3v) is 6.48. The first-order valence-electron chi connectivity index (χ1n) is 9.99. The van der Waals surface area contributed by atoms with Crippen LogP contribution in [0.5, 0.6) is 0 Å². The summed E-state index contributed by atoms with van der Waals surface area (Å²) in [7, 11) is 0. The molecule has 29 heavy (non-hydrogen) atoms. The lowest BCUT2D eigenvalue weighted by atomic mass is 10.00. The molecule has 4 rings (SSSR count). The van der Waals surface area contributed by atoms with E-state index in [9.17, 15) is 4.79 Å². The summed E-state index contributed by atoms with van der Waals surface area (Å²) < 4.78 is 0. The summed E-state index contributed by atoms with van der Waals surface area (Å²) in [6, 6.07) is 17.9. The van der Waals surface area contributed by atoms with Crippen LogP contribution in [-0.4, -0.2) is 29.9 Å². The lowest BCUT2D eigenvalue weighted by Crippen LogP contribution is -2.47. The zero-order chi connectivity index (χ0) is 20.2. The number of nitrogens with zero attached hydrogens (tertiary/aromatic N) is 2. The van der Waals surface area contributed by atoms with Crippen molar-refractivity contribution >= 4 is 34.5 Å². The third-order valence-electron chi connectivity index (χ3n) is 5.51. The smallest absolute Gasteiger partial charge is 0.258 e. The summed E-state index contributed by atoms with van der Waals surface area (Å²) in [5.74, 6) is 0.0210. The number of rotatable bonds is 5. The van der Waals surface area contributed by atoms with E-state index in [1.54, 1.807) is 23.5 Å². The minimum atomic E-state index is 0.0210. The van der Waals surface area contributed by atoms with Crippen LogP contribution in [0.25, 0.3) is 0 Å². The summed E-state index contributed by atoms with van der Waals surface area (Å²) in [6.07, 6.45) is 1.93. The van der Waals surface area contributed by atoms with Crippen molar-refractivity contribution in [1.82, 2.24) is 4.90 Å². The number of halogens is 1. The van der Waals surface area contributed by atoms with Gasteiger partial charge in [0.05, 0.1) is 0 Å². The van der Waals surface area contributed by atoms with Crippen LogP contribution in [0.2, 0.25) is 5.02 Å². The number of hydrogen-bond donors (Lipinski definition) is 0. The van der Waals surface area contributed by atoms with E-state index >= 15 is 0 Å². The Morgan fingerprint density at radius 1 is 1.14 bits per heavy atom. The maximum atomic E-state index is 13.5. The number of amides is 1. The molecule has 3 aromatic rings. The van der Waals surface area contributed by atoms with E-state index in [0.717, 1.165) is 38.2 Å². The van der Waals surface area contributed by atoms with Crippen molar-refractivity contribution in [2.45, 2.75) is 32.4 Å². The lowest BCUT2D eigenvalue weighted by molar-refractivity contribution is 0.0958. The highest BCUT2D eigenvalue weighted by atomic mass is 35.5. The first kappa shape index (κ1) is 20.1. The molecule has 1 aliphatic rings. The molecule has 0 aliphatic carbocycles. The summed E-state index contributed by atoms with van der Waals surface area (Å²) in [5.41, 5.74) is 4.16. The van der Waals surface area contributed by atoms with Gasteiger partial charge < -0.3 is 4.90 Å². The second kappa shape index (κ2) is 9.12. The van der Waals surface area contributed by atoms with Crippen LogP contribution in [0.15, 0.2) is 65.4 Å². The number of anilines is 1. The number of likely N-dealkylation sites (tertiary alicyclic amines) is 1. The standard InChI is InChI=1S/C24H25ClN2OS/c1-18-5-7-22(8-6-18)27(24(28)20-3-2-4-21(25)15-20)23-9-12-26(13-10-23)16-19-11-14-29-17-19/h2-8,11,14-15,17,23H,9-10,12-13,16H2,1H3. The molecule has 0 spiro atoms. The van der Waals surface area contributed by atoms with Gasteiger partial charge in [0, 0.05) is 41.9 Å². The first-order chi connectivity index (χ1) is 14.1. The number of thiophene rings is 1. The molecule has 0 unspecified atom stereocenters. The van der Waals surface area contributed by atoms with E-state index in [1.807, 2.05) is 17.0 Å². The Hall–Kier alpha value is -2.14. The molecule has 2 aromatic carbocycles. The van der Waals surface area contributed by atoms with E-state index in [4.69, 9.17) is 11.6 Å². The predicted octanol–water partition coefficient (Wildman–Crippen LogP) is 6.02. The highest BCUT2D eigenvalue weighted by molar-refractivity contribution is 7.07. The highest BCUT2D eigenvalue weighted by Gasteiger charge is 2.30. The summed E-state index contributed by atoms with van der Waals surface area (Å²) >= 11 is 7.90. The fourth-order valence-electron chi connectivity index (χ4n) is 3.94. The highest BCUT2D eigenvalue weighted by Crippen LogP contribution is 2.27. The zero-order valence-corrected chi connectivity index (χ0v) is 18.1. The van der Waals surface area contributed by atoms with Crippen LogP contribution in [0.3, 0.4) is 0 Å². The number of carbonyl (C=O) groups is 1. The fraction of sp³-hybridized carbons (Fsp3) is 0.292. The van der Waals surface area contributed by atoms with E-state index in [1.165, 1.54) is 11.1 Å². The molecule has 1 aromatic heterocycles. The van der Waals surface area contributed by atoms with Gasteiger partial charge in [0.25, 0.3) is 5.91 Å². The van der Waals surface area contributed by atoms with Crippen LogP contribution in [0, 0.1) is 6.92 Å². The molecule has 5 heteroatoms. The summed E-state index contributed by atoms with van der Waals surface area (Å²) in [4.78, 5) is 17.9. The van der Waals surface area contributed by atoms with Crippen LogP contribution in [-0.2, 0) is 6.54 Å². The molecular formula is C24H25ClN2OS. The van der Waals surface area contributed by atoms with Gasteiger partial charge in [-0.2, -0.15) is 11.3 Å². The van der Waals surface area contributed by atoms with Gasteiger partial charge in [-0.15, -0.1) is 0 Å². The van der Waals surface area contributed by atoms with Crippen molar-refractivity contribution in [1.29, 1.82) is 0 Å². The second-order valence-corrected chi connectivity index (χ2v) is 8.88. The lowest BCUT2D eigenvalue weighted by Gasteiger charge is -2.38. The van der Waals surface area contributed by atoms with E-state index in [-0.39, 0.29) is 11.9 Å². The quantitative estimate of drug-likeness (QED) is 0.499. The Kier molecular flexibility index (Phi) is 6.34. The minimum Gasteiger partial charge on any atom is -0.305 e. The number of piperidine rings is 1. The number of carbonyl (C=O) groups excluding carboxylic acids is 1. The molecule has 2 heterocycles. The second-order valence-electron chi connectivity index (χ2n) is 7.66. The topological polar surface area (TPSA) is 23.6 Å². The van der Waals surface area contributed by atoms with Crippen molar-refractivity contribution in [3.05, 3.63) is 87.1 Å². The van der Waals surface area contributed by atoms with Crippen LogP contribution >= 0.6 is 22.9 Å². The Balaban J connectivity index is 1.54. The average Bonchev–Trinajstić information content (AvgIpc) is 3.24. The molecule has 1 aliphatic heterocycles. The SMILES string of the molecule is Cc1ccc(N(C(=O)c2cccc(Cl)c2)C2CCN(Cc3ccsc3)CC2)cc1. The van der Waals surface area contributed by atoms with Gasteiger partial charge in [-0.1, -0.05) is 35.4 Å². The predicted molar refractivity (Wildman–Crippen MR) is 122 cm³/mol. The van der Waals surface area contributed by atoms with Crippen molar-refractivity contribution in [2.75, 3.05) is 18.0 Å². The largest absolute Gasteiger partial charge is 0.305 e. The molecule has 0 saturated carbocycles. The van der Waals surface area contributed by atoms with Crippen molar-refractivity contribution in [3.8, 4) is 0 Å². The normalized spacial score (nSPS) is 15.4. The van der Waals surface area contributed by atoms with Gasteiger partial charge in [-0.05, 0) is 72.5 Å². The summed E-state index contributed by atoms with van der Waals surface area (Å²) in [5, 5.41) is 4.93. The molecule has 0 atom stereocenters. The molecule has 1 saturated heterocycles. The third kappa shape index (κ3) is 4.89. The Bertz CT molecular complexity index is 947. The Morgan fingerprint density at radius 2 is 1.90 bits per heavy atom. The molecule has 1 amide bonds. The number of aryl methyl sites for hydroxylation is 1. The molecule has 0 radical (unpaired) electrons. The van der Waals surface area contributed by atoms with Gasteiger partial charge >= 0.3 is 0 Å². The average molecular weight is 425 g/mol. The van der Waals surface area contributed by atoms with E-state index < -0.39 is 0 Å². The van der Waals surface area contributed by atoms with Crippen LogP contribution in [0.1, 0.15) is 34.3 Å². The number of hydrogen-bond acceptors (Lipinski definition) is 3. The van der Waals surface area contributed by atoms with Crippen LogP contribution < -0.4 is 4.90 Å². The van der Waals surface area contributed by atoms with E-state index in [0.29, 0.717) is 10.6 Å². The minimum absolute atomic E-state index is 0.0210. The molecule has 0 bridgehead atoms. The number of benzene rings is 2. The zero-order valence-electron chi connectivity index (χ0n) is 16.6. The maximum absolute atomic E-state index is 13.5. The van der Waals surface area contributed by atoms with Gasteiger partial charge in [0.1, 0.15) is 0 Å². The van der Waals surface area contributed by atoms with Crippen molar-refractivity contribution in [3.63, 3.8) is 0 Å². The molecule has 1 fully saturated rings. The molecule has 0 N–H and O–H groups in total. The van der Waals surface area contributed by atoms with Gasteiger partial charge in [0.2, 0.25) is 0 Å². The molecular weight excluding hydrogens is 400 g/mol. The maximum Gasteiger partial charge on any atom is 0.258 e. The Morgan fingerprint density at radius 3 is 2.55 bits per heavy atom. The van der Waals surface area contributed by atoms with Crippen molar-refractivity contribution < 1.29 is 4.79 Å². The van der Waals surface area contributed by atoms with Gasteiger partial charge in [-0.25, -0.2) is 0 Å². The molecule has 3 nitrogen and oxygen atoms in total. The van der Waals surface area contributed by atoms with Gasteiger partial charge in [-0.3, -0.25) is 9.69 Å². The summed E-state index contributed by atoms with van der Waals surface area (Å²) in [6.45, 7) is 5.04. The fourth-order valence-corrected chi connectivity index (χ4v) is 4.79. The van der Waals surface area contributed by atoms with Gasteiger partial charge in [0.15, 0.2) is 0 Å². The van der Waals surface area contributed by atoms with Crippen LogP contribution in [0.4, 0.5) is 5.69 Å². The Labute approximate surface area is 181 Å². The monoisotopic (exact) mass is 424 g/mol.